The van der Waals surface area contributed by atoms with E-state index >= 15 is 0 Å². The van der Waals surface area contributed by atoms with Gasteiger partial charge in [-0.1, -0.05) is 35.9 Å². The number of hydrogen-bond donors (Lipinski definition) is 0. The normalized spacial score (nSPS) is 12.2. The molecule has 1 aromatic heterocycles. The molecular formula is C29H16ClF9N2O. The van der Waals surface area contributed by atoms with Crippen LogP contribution in [0.5, 0.6) is 5.75 Å². The highest BCUT2D eigenvalue weighted by molar-refractivity contribution is 6.30. The molecular weight excluding hydrogens is 599 g/mol. The lowest BCUT2D eigenvalue weighted by atomic mass is 10.0. The van der Waals surface area contributed by atoms with Crippen LogP contribution in [0.4, 0.5) is 39.5 Å². The smallest absolute Gasteiger partial charge is 0.418 e. The molecule has 0 radical (unpaired) electrons. The molecule has 13 heteroatoms. The number of aromatic nitrogens is 2. The van der Waals surface area contributed by atoms with E-state index in [-0.39, 0.29) is 33.0 Å². The second-order valence-electron chi connectivity index (χ2n) is 9.17. The van der Waals surface area contributed by atoms with Gasteiger partial charge in [0, 0.05) is 39.2 Å². The van der Waals surface area contributed by atoms with Crippen molar-refractivity contribution in [3.05, 3.63) is 118 Å². The molecule has 5 rings (SSSR count). The van der Waals surface area contributed by atoms with Gasteiger partial charge in [-0.15, -0.1) is 0 Å². The predicted molar refractivity (Wildman–Crippen MR) is 136 cm³/mol. The topological polar surface area (TPSA) is 27.1 Å². The summed E-state index contributed by atoms with van der Waals surface area (Å²) in [5.74, 6) is -3.69. The zero-order valence-electron chi connectivity index (χ0n) is 20.9. The van der Waals surface area contributed by atoms with Crippen LogP contribution in [0.1, 0.15) is 22.3 Å². The van der Waals surface area contributed by atoms with E-state index in [2.05, 4.69) is 5.10 Å². The second kappa shape index (κ2) is 10.9. The van der Waals surface area contributed by atoms with E-state index < -0.39 is 65.2 Å². The van der Waals surface area contributed by atoms with Crippen molar-refractivity contribution < 1.29 is 44.3 Å². The Balaban J connectivity index is 1.60. The van der Waals surface area contributed by atoms with Crippen LogP contribution in [0.25, 0.3) is 22.2 Å². The molecule has 5 aromatic rings. The third-order valence-electron chi connectivity index (χ3n) is 6.36. The van der Waals surface area contributed by atoms with E-state index in [0.29, 0.717) is 12.1 Å². The highest BCUT2D eigenvalue weighted by Gasteiger charge is 2.35. The summed E-state index contributed by atoms with van der Waals surface area (Å²) in [5, 5.41) is 4.04. The van der Waals surface area contributed by atoms with Gasteiger partial charge in [-0.25, -0.2) is 13.2 Å². The lowest BCUT2D eigenvalue weighted by Crippen LogP contribution is -2.11. The van der Waals surface area contributed by atoms with Crippen molar-refractivity contribution >= 4 is 22.5 Å². The van der Waals surface area contributed by atoms with Gasteiger partial charge in [0.1, 0.15) is 35.3 Å². The van der Waals surface area contributed by atoms with E-state index in [0.717, 1.165) is 35.0 Å². The van der Waals surface area contributed by atoms with Crippen LogP contribution in [0, 0.1) is 17.5 Å². The maximum absolute atomic E-state index is 14.5. The molecule has 218 valence electrons. The first-order valence-electron chi connectivity index (χ1n) is 12.0. The van der Waals surface area contributed by atoms with Gasteiger partial charge in [-0.05, 0) is 36.4 Å². The summed E-state index contributed by atoms with van der Waals surface area (Å²) >= 11 is 5.87. The Morgan fingerprint density at radius 3 is 2.10 bits per heavy atom. The first-order valence-corrected chi connectivity index (χ1v) is 12.4. The number of hydrogen-bond acceptors (Lipinski definition) is 2. The van der Waals surface area contributed by atoms with Gasteiger partial charge in [0.15, 0.2) is 0 Å². The first kappa shape index (κ1) is 29.3. The molecule has 4 aromatic carbocycles. The largest absolute Gasteiger partial charge is 0.489 e. The summed E-state index contributed by atoms with van der Waals surface area (Å²) in [5.41, 5.74) is -3.30. The Bertz CT molecular complexity index is 1770. The van der Waals surface area contributed by atoms with Crippen LogP contribution >= 0.6 is 11.6 Å². The molecule has 42 heavy (non-hydrogen) atoms. The van der Waals surface area contributed by atoms with Gasteiger partial charge in [0.2, 0.25) is 0 Å². The van der Waals surface area contributed by atoms with Crippen LogP contribution < -0.4 is 4.74 Å². The van der Waals surface area contributed by atoms with Crippen molar-refractivity contribution in [2.75, 3.05) is 0 Å². The van der Waals surface area contributed by atoms with Crippen molar-refractivity contribution in [3.8, 4) is 17.0 Å². The molecule has 0 atom stereocenters. The second-order valence-corrected chi connectivity index (χ2v) is 9.61. The molecule has 0 aliphatic heterocycles. The zero-order valence-corrected chi connectivity index (χ0v) is 21.7. The molecule has 0 saturated carbocycles. The Morgan fingerprint density at radius 1 is 0.762 bits per heavy atom. The lowest BCUT2D eigenvalue weighted by molar-refractivity contribution is -0.138. The van der Waals surface area contributed by atoms with Gasteiger partial charge in [-0.2, -0.15) is 31.4 Å². The highest BCUT2D eigenvalue weighted by Crippen LogP contribution is 2.39. The van der Waals surface area contributed by atoms with Crippen LogP contribution in [0.15, 0.2) is 72.8 Å². The van der Waals surface area contributed by atoms with Crippen LogP contribution in [0.2, 0.25) is 5.02 Å². The van der Waals surface area contributed by atoms with E-state index in [9.17, 15) is 39.5 Å². The Morgan fingerprint density at radius 2 is 1.43 bits per heavy atom. The molecule has 0 aliphatic rings. The predicted octanol–water partition coefficient (Wildman–Crippen LogP) is 9.44. The molecule has 0 unspecified atom stereocenters. The third-order valence-corrected chi connectivity index (χ3v) is 6.60. The Kier molecular flexibility index (Phi) is 7.61. The molecule has 0 N–H and O–H groups in total. The Labute approximate surface area is 236 Å². The van der Waals surface area contributed by atoms with Crippen molar-refractivity contribution in [1.82, 2.24) is 9.78 Å². The fraction of sp³-hybridized carbons (Fsp3) is 0.138. The summed E-state index contributed by atoms with van der Waals surface area (Å²) in [6, 6.07) is 12.8. The van der Waals surface area contributed by atoms with Gasteiger partial charge in [-0.3, -0.25) is 4.68 Å². The van der Waals surface area contributed by atoms with Crippen molar-refractivity contribution in [2.45, 2.75) is 25.5 Å². The third kappa shape index (κ3) is 5.89. The number of rotatable bonds is 6. The summed E-state index contributed by atoms with van der Waals surface area (Å²) in [6.45, 7) is -1.26. The monoisotopic (exact) mass is 614 g/mol. The molecule has 0 saturated heterocycles. The first-order chi connectivity index (χ1) is 19.7. The molecule has 0 fully saturated rings. The van der Waals surface area contributed by atoms with Crippen molar-refractivity contribution in [2.24, 2.45) is 0 Å². The maximum Gasteiger partial charge on any atom is 0.418 e. The van der Waals surface area contributed by atoms with E-state index in [1.165, 1.54) is 30.3 Å². The van der Waals surface area contributed by atoms with Gasteiger partial charge in [0.25, 0.3) is 0 Å². The summed E-state index contributed by atoms with van der Waals surface area (Å²) in [6.07, 6.45) is -9.50. The number of nitrogens with zero attached hydrogens (tertiary/aromatic N) is 2. The number of ether oxygens (including phenoxy) is 1. The molecule has 0 spiro atoms. The molecule has 0 amide bonds. The minimum Gasteiger partial charge on any atom is -0.489 e. The maximum atomic E-state index is 14.5. The number of alkyl halides is 6. The zero-order chi connectivity index (χ0) is 30.4. The average molecular weight is 615 g/mol. The van der Waals surface area contributed by atoms with E-state index in [1.54, 1.807) is 0 Å². The van der Waals surface area contributed by atoms with E-state index in [1.807, 2.05) is 0 Å². The number of fused-ring (bicyclic) bond motifs is 1. The summed E-state index contributed by atoms with van der Waals surface area (Å²) < 4.78 is 131. The fourth-order valence-electron chi connectivity index (χ4n) is 4.53. The van der Waals surface area contributed by atoms with Crippen LogP contribution in [-0.4, -0.2) is 9.78 Å². The number of halogens is 10. The molecule has 3 nitrogen and oxygen atoms in total. The Hall–Kier alpha value is -4.19. The average Bonchev–Trinajstić information content (AvgIpc) is 3.26. The SMILES string of the molecule is Fc1cc(F)c(Cn2nc3c(C(F)(F)F)cccc3c2-c2cccc(OCc3cc(Cl)ccc3C(F)(F)F)c2)c(F)c1. The van der Waals surface area contributed by atoms with Crippen molar-refractivity contribution in [3.63, 3.8) is 0 Å². The molecule has 0 bridgehead atoms. The van der Waals surface area contributed by atoms with Gasteiger partial charge < -0.3 is 4.74 Å². The minimum atomic E-state index is -4.82. The summed E-state index contributed by atoms with van der Waals surface area (Å²) in [7, 11) is 0. The van der Waals surface area contributed by atoms with Crippen LogP contribution in [0.3, 0.4) is 0 Å². The summed E-state index contributed by atoms with van der Waals surface area (Å²) in [4.78, 5) is 0. The minimum absolute atomic E-state index is 0.00316. The number of benzene rings is 4. The fourth-order valence-corrected chi connectivity index (χ4v) is 4.72. The standard InChI is InChI=1S/C29H16ClF9N2O/c30-17-7-8-22(28(34,35)36)16(9-17)14-42-19-4-1-3-15(10-19)27-20-5-2-6-23(29(37,38)39)26(20)40-41(27)13-21-24(32)11-18(31)12-25(21)33/h1-12H,13-14H2. The van der Waals surface area contributed by atoms with Crippen molar-refractivity contribution in [1.29, 1.82) is 0 Å². The van der Waals surface area contributed by atoms with Crippen LogP contribution in [-0.2, 0) is 25.5 Å². The molecule has 0 aliphatic carbocycles. The quantitative estimate of drug-likeness (QED) is 0.178. The van der Waals surface area contributed by atoms with E-state index in [4.69, 9.17) is 16.3 Å². The highest BCUT2D eigenvalue weighted by atomic mass is 35.5. The van der Waals surface area contributed by atoms with Gasteiger partial charge >= 0.3 is 12.4 Å². The lowest BCUT2D eigenvalue weighted by Gasteiger charge is -2.15. The molecule has 1 heterocycles. The van der Waals surface area contributed by atoms with Gasteiger partial charge in [0.05, 0.1) is 23.4 Å².